The van der Waals surface area contributed by atoms with Crippen LogP contribution in [-0.2, 0) is 13.0 Å². The van der Waals surface area contributed by atoms with Crippen molar-refractivity contribution in [1.29, 1.82) is 5.26 Å². The summed E-state index contributed by atoms with van der Waals surface area (Å²) in [6, 6.07) is 15.7. The molecule has 4 rings (SSSR count). The van der Waals surface area contributed by atoms with Gasteiger partial charge in [0.1, 0.15) is 6.07 Å². The van der Waals surface area contributed by atoms with Gasteiger partial charge in [0.05, 0.1) is 33.2 Å². The molecule has 0 bridgehead atoms. The number of carbonyl (C=O) groups is 1. The van der Waals surface area contributed by atoms with Crippen molar-refractivity contribution in [2.75, 3.05) is 24.5 Å². The molecule has 184 valence electrons. The molecule has 0 saturated heterocycles. The maximum atomic E-state index is 13.8. The third kappa shape index (κ3) is 5.68. The lowest BCUT2D eigenvalue weighted by atomic mass is 10.0. The molecule has 3 aromatic rings. The van der Waals surface area contributed by atoms with Gasteiger partial charge in [0.25, 0.3) is 5.91 Å². The number of nitriles is 1. The van der Waals surface area contributed by atoms with E-state index in [1.54, 1.807) is 6.07 Å². The molecule has 1 amide bonds. The van der Waals surface area contributed by atoms with Crippen molar-refractivity contribution in [2.45, 2.75) is 53.5 Å². The Hall–Kier alpha value is -3.30. The number of fused-ring (bicyclic) bond motifs is 1. The second-order valence-electron chi connectivity index (χ2n) is 8.28. The van der Waals surface area contributed by atoms with Gasteiger partial charge < -0.3 is 9.80 Å². The molecule has 35 heavy (non-hydrogen) atoms. The van der Waals surface area contributed by atoms with Crippen LogP contribution in [0.1, 0.15) is 67.7 Å². The predicted octanol–water partition coefficient (Wildman–Crippen LogP) is 6.25. The smallest absolute Gasteiger partial charge is 0.257 e. The first kappa shape index (κ1) is 26.3. The number of halogens is 1. The van der Waals surface area contributed by atoms with Crippen LogP contribution in [0.2, 0.25) is 5.02 Å². The van der Waals surface area contributed by atoms with Crippen LogP contribution >= 0.6 is 11.6 Å². The Morgan fingerprint density at radius 2 is 1.80 bits per heavy atom. The molecule has 0 atom stereocenters. The second kappa shape index (κ2) is 12.4. The first-order chi connectivity index (χ1) is 17.1. The lowest BCUT2D eigenvalue weighted by molar-refractivity contribution is 0.0735. The average Bonchev–Trinajstić information content (AvgIpc) is 3.33. The van der Waals surface area contributed by atoms with Gasteiger partial charge in [-0.25, -0.2) is 4.68 Å². The third-order valence-electron chi connectivity index (χ3n) is 5.95. The van der Waals surface area contributed by atoms with Gasteiger partial charge >= 0.3 is 0 Å². The number of benzene rings is 2. The van der Waals surface area contributed by atoms with Gasteiger partial charge in [-0.3, -0.25) is 4.79 Å². The Kier molecular flexibility index (Phi) is 9.33. The molecule has 0 unspecified atom stereocenters. The van der Waals surface area contributed by atoms with Gasteiger partial charge in [0.2, 0.25) is 0 Å². The van der Waals surface area contributed by atoms with E-state index in [0.717, 1.165) is 48.6 Å². The highest BCUT2D eigenvalue weighted by atomic mass is 35.5. The molecular formula is C28H34ClN5O. The zero-order valence-corrected chi connectivity index (χ0v) is 21.8. The quantitative estimate of drug-likeness (QED) is 0.392. The van der Waals surface area contributed by atoms with Crippen molar-refractivity contribution >= 4 is 23.2 Å². The van der Waals surface area contributed by atoms with Crippen LogP contribution in [0.4, 0.5) is 5.69 Å². The van der Waals surface area contributed by atoms with Gasteiger partial charge in [-0.1, -0.05) is 57.5 Å². The van der Waals surface area contributed by atoms with Gasteiger partial charge in [-0.15, -0.1) is 0 Å². The Bertz CT molecular complexity index is 1180. The molecular weight excluding hydrogens is 458 g/mol. The molecule has 2 heterocycles. The van der Waals surface area contributed by atoms with Crippen LogP contribution in [0, 0.1) is 11.3 Å². The number of rotatable bonds is 7. The van der Waals surface area contributed by atoms with E-state index in [-0.39, 0.29) is 10.9 Å². The molecule has 7 heteroatoms. The lowest BCUT2D eigenvalue weighted by Crippen LogP contribution is -2.37. The first-order valence-electron chi connectivity index (χ1n) is 12.5. The fourth-order valence-corrected chi connectivity index (χ4v) is 4.65. The standard InChI is InChI=1S/C26H28ClN5O.C2H6/c1-3-13-30(14-4-2)23-11-10-19(16-28)25(27)24(23)26(33)31-15-12-22-20(17-31)18-32(29-22)21-8-6-5-7-9-21;1-2/h5-11,18H,3-4,12-15,17H2,1-2H3;1-2H3. The van der Waals surface area contributed by atoms with Gasteiger partial charge in [-0.05, 0) is 37.1 Å². The molecule has 2 aromatic carbocycles. The Morgan fingerprint density at radius 3 is 2.43 bits per heavy atom. The van der Waals surface area contributed by atoms with Crippen molar-refractivity contribution in [1.82, 2.24) is 14.7 Å². The maximum Gasteiger partial charge on any atom is 0.257 e. The van der Waals surface area contributed by atoms with Crippen molar-refractivity contribution in [2.24, 2.45) is 0 Å². The fourth-order valence-electron chi connectivity index (χ4n) is 4.37. The Morgan fingerprint density at radius 1 is 1.11 bits per heavy atom. The van der Waals surface area contributed by atoms with E-state index in [0.29, 0.717) is 30.6 Å². The number of aromatic nitrogens is 2. The van der Waals surface area contributed by atoms with Crippen LogP contribution in [0.25, 0.3) is 5.69 Å². The Labute approximate surface area is 213 Å². The summed E-state index contributed by atoms with van der Waals surface area (Å²) in [4.78, 5) is 17.8. The largest absolute Gasteiger partial charge is 0.371 e. The van der Waals surface area contributed by atoms with Gasteiger partial charge in [-0.2, -0.15) is 10.4 Å². The normalized spacial score (nSPS) is 12.3. The molecule has 0 fully saturated rings. The van der Waals surface area contributed by atoms with Crippen LogP contribution < -0.4 is 4.90 Å². The highest BCUT2D eigenvalue weighted by molar-refractivity contribution is 6.35. The van der Waals surface area contributed by atoms with Crippen molar-refractivity contribution in [3.05, 3.63) is 76.1 Å². The molecule has 1 aliphatic rings. The predicted molar refractivity (Wildman–Crippen MR) is 142 cm³/mol. The zero-order valence-electron chi connectivity index (χ0n) is 21.1. The van der Waals surface area contributed by atoms with Crippen molar-refractivity contribution in [3.63, 3.8) is 0 Å². The van der Waals surface area contributed by atoms with E-state index in [1.165, 1.54) is 0 Å². The highest BCUT2D eigenvalue weighted by Crippen LogP contribution is 2.33. The summed E-state index contributed by atoms with van der Waals surface area (Å²) in [5.41, 5.74) is 4.60. The number of hydrogen-bond donors (Lipinski definition) is 0. The van der Waals surface area contributed by atoms with E-state index in [4.69, 9.17) is 16.7 Å². The lowest BCUT2D eigenvalue weighted by Gasteiger charge is -2.31. The Balaban J connectivity index is 0.00000167. The summed E-state index contributed by atoms with van der Waals surface area (Å²) >= 11 is 6.64. The van der Waals surface area contributed by atoms with E-state index in [9.17, 15) is 10.1 Å². The van der Waals surface area contributed by atoms with Gasteiger partial charge in [0.15, 0.2) is 0 Å². The first-order valence-corrected chi connectivity index (χ1v) is 12.8. The van der Waals surface area contributed by atoms with Crippen LogP contribution in [0.5, 0.6) is 0 Å². The highest BCUT2D eigenvalue weighted by Gasteiger charge is 2.29. The summed E-state index contributed by atoms with van der Waals surface area (Å²) in [5, 5.41) is 14.5. The maximum absolute atomic E-state index is 13.8. The molecule has 0 spiro atoms. The van der Waals surface area contributed by atoms with E-state index in [2.05, 4.69) is 24.8 Å². The third-order valence-corrected chi connectivity index (χ3v) is 6.34. The zero-order chi connectivity index (χ0) is 25.4. The number of carbonyl (C=O) groups excluding carboxylic acids is 1. The summed E-state index contributed by atoms with van der Waals surface area (Å²) in [6.07, 6.45) is 4.59. The molecule has 0 aliphatic carbocycles. The number of amides is 1. The summed E-state index contributed by atoms with van der Waals surface area (Å²) in [7, 11) is 0. The van der Waals surface area contributed by atoms with Gasteiger partial charge in [0, 0.05) is 44.4 Å². The summed E-state index contributed by atoms with van der Waals surface area (Å²) < 4.78 is 1.87. The molecule has 1 aromatic heterocycles. The molecule has 0 N–H and O–H groups in total. The minimum atomic E-state index is -0.137. The number of para-hydroxylation sites is 1. The number of nitrogens with zero attached hydrogens (tertiary/aromatic N) is 5. The number of anilines is 1. The summed E-state index contributed by atoms with van der Waals surface area (Å²) in [5.74, 6) is -0.137. The molecule has 6 nitrogen and oxygen atoms in total. The fraction of sp³-hybridized carbons (Fsp3) is 0.393. The minimum Gasteiger partial charge on any atom is -0.371 e. The SMILES string of the molecule is CC.CCCN(CCC)c1ccc(C#N)c(Cl)c1C(=O)N1CCc2nn(-c3ccccc3)cc2C1. The van der Waals surface area contributed by atoms with Crippen LogP contribution in [-0.4, -0.2) is 40.2 Å². The average molecular weight is 492 g/mol. The monoisotopic (exact) mass is 491 g/mol. The van der Waals surface area contributed by atoms with E-state index < -0.39 is 0 Å². The van der Waals surface area contributed by atoms with Crippen LogP contribution in [0.3, 0.4) is 0 Å². The second-order valence-corrected chi connectivity index (χ2v) is 8.66. The minimum absolute atomic E-state index is 0.137. The van der Waals surface area contributed by atoms with Crippen molar-refractivity contribution in [3.8, 4) is 11.8 Å². The van der Waals surface area contributed by atoms with Crippen molar-refractivity contribution < 1.29 is 4.79 Å². The summed E-state index contributed by atoms with van der Waals surface area (Å²) in [6.45, 7) is 10.9. The van der Waals surface area contributed by atoms with E-state index in [1.807, 2.05) is 66.0 Å². The van der Waals surface area contributed by atoms with E-state index >= 15 is 0 Å². The topological polar surface area (TPSA) is 65.2 Å². The number of hydrogen-bond acceptors (Lipinski definition) is 4. The van der Waals surface area contributed by atoms with Crippen LogP contribution in [0.15, 0.2) is 48.7 Å². The molecule has 1 aliphatic heterocycles. The molecule has 0 radical (unpaired) electrons. The molecule has 0 saturated carbocycles.